The molecular formula is C14H21BrFNO2. The van der Waals surface area contributed by atoms with Gasteiger partial charge in [-0.2, -0.15) is 0 Å². The molecule has 0 heterocycles. The molecule has 5 heteroatoms. The lowest BCUT2D eigenvalue weighted by molar-refractivity contribution is 0.0523. The quantitative estimate of drug-likeness (QED) is 0.856. The summed E-state index contributed by atoms with van der Waals surface area (Å²) in [6.07, 6.45) is -0.556. The second-order valence-corrected chi connectivity index (χ2v) is 5.51. The molecule has 1 aromatic carbocycles. The largest absolute Gasteiger partial charge is 0.444 e. The van der Waals surface area contributed by atoms with E-state index in [1.807, 2.05) is 13.8 Å². The Bertz CT molecular complexity index is 416. The summed E-state index contributed by atoms with van der Waals surface area (Å²) < 4.78 is 19.1. The van der Waals surface area contributed by atoms with E-state index in [2.05, 4.69) is 21.2 Å². The van der Waals surface area contributed by atoms with Crippen molar-refractivity contribution in [2.24, 2.45) is 0 Å². The molecule has 0 spiro atoms. The van der Waals surface area contributed by atoms with Crippen molar-refractivity contribution in [3.05, 3.63) is 34.1 Å². The van der Waals surface area contributed by atoms with Crippen molar-refractivity contribution in [3.63, 3.8) is 0 Å². The maximum atomic E-state index is 13.4. The van der Waals surface area contributed by atoms with Crippen molar-refractivity contribution < 1.29 is 13.9 Å². The minimum Gasteiger partial charge on any atom is -0.444 e. The third kappa shape index (κ3) is 7.82. The molecule has 0 atom stereocenters. The van der Waals surface area contributed by atoms with Crippen molar-refractivity contribution in [1.29, 1.82) is 0 Å². The number of hydrogen-bond acceptors (Lipinski definition) is 2. The Morgan fingerprint density at radius 1 is 1.37 bits per heavy atom. The second-order valence-electron chi connectivity index (χ2n) is 4.59. The number of carbonyl (C=O) groups is 1. The van der Waals surface area contributed by atoms with Gasteiger partial charge in [-0.1, -0.05) is 35.8 Å². The number of hydrogen-bond donors (Lipinski definition) is 1. The highest BCUT2D eigenvalue weighted by molar-refractivity contribution is 9.10. The van der Waals surface area contributed by atoms with E-state index in [1.165, 1.54) is 6.07 Å². The highest BCUT2D eigenvalue weighted by Gasteiger charge is 2.16. The van der Waals surface area contributed by atoms with Crippen LogP contribution in [0.5, 0.6) is 0 Å². The summed E-state index contributed by atoms with van der Waals surface area (Å²) in [5, 5.41) is 2.50. The van der Waals surface area contributed by atoms with Crippen LogP contribution in [0.3, 0.4) is 0 Å². The maximum absolute atomic E-state index is 13.4. The number of amides is 1. The second kappa shape index (κ2) is 8.15. The average molecular weight is 334 g/mol. The number of nitrogens with one attached hydrogen (secondary N) is 1. The molecule has 1 N–H and O–H groups in total. The molecule has 0 aliphatic carbocycles. The molecule has 0 bridgehead atoms. The molecule has 0 saturated heterocycles. The van der Waals surface area contributed by atoms with Crippen molar-refractivity contribution in [2.75, 3.05) is 0 Å². The van der Waals surface area contributed by atoms with E-state index in [0.29, 0.717) is 10.0 Å². The van der Waals surface area contributed by atoms with Crippen LogP contribution in [0.4, 0.5) is 9.18 Å². The summed E-state index contributed by atoms with van der Waals surface area (Å²) in [6.45, 7) is 9.42. The first-order valence-corrected chi connectivity index (χ1v) is 6.98. The molecule has 1 aromatic rings. The fraction of sp³-hybridized carbons (Fsp3) is 0.500. The number of benzene rings is 1. The van der Waals surface area contributed by atoms with Gasteiger partial charge < -0.3 is 10.1 Å². The maximum Gasteiger partial charge on any atom is 0.407 e. The summed E-state index contributed by atoms with van der Waals surface area (Å²) in [5.74, 6) is -0.365. The molecule has 3 nitrogen and oxygen atoms in total. The van der Waals surface area contributed by atoms with Crippen molar-refractivity contribution in [1.82, 2.24) is 5.32 Å². The molecular weight excluding hydrogens is 313 g/mol. The Kier molecular flexibility index (Phi) is 7.68. The number of alkyl carbamates (subject to hydrolysis) is 1. The van der Waals surface area contributed by atoms with E-state index < -0.39 is 11.7 Å². The van der Waals surface area contributed by atoms with Crippen LogP contribution in [-0.2, 0) is 11.3 Å². The Balaban J connectivity index is 0.00000154. The van der Waals surface area contributed by atoms with Crippen LogP contribution in [0.15, 0.2) is 22.7 Å². The Hall–Kier alpha value is -1.10. The van der Waals surface area contributed by atoms with Crippen LogP contribution >= 0.6 is 15.9 Å². The fourth-order valence-corrected chi connectivity index (χ4v) is 1.48. The summed E-state index contributed by atoms with van der Waals surface area (Å²) in [6, 6.07) is 4.68. The highest BCUT2D eigenvalue weighted by Crippen LogP contribution is 2.15. The third-order valence-electron chi connectivity index (χ3n) is 1.84. The topological polar surface area (TPSA) is 38.3 Å². The van der Waals surface area contributed by atoms with Gasteiger partial charge in [-0.05, 0) is 32.9 Å². The van der Waals surface area contributed by atoms with E-state index in [-0.39, 0.29) is 12.4 Å². The third-order valence-corrected chi connectivity index (χ3v) is 2.33. The molecule has 0 fully saturated rings. The van der Waals surface area contributed by atoms with Crippen molar-refractivity contribution >= 4 is 22.0 Å². The van der Waals surface area contributed by atoms with Crippen LogP contribution < -0.4 is 5.32 Å². The van der Waals surface area contributed by atoms with Gasteiger partial charge in [0.25, 0.3) is 0 Å². The standard InChI is InChI=1S/C12H15BrFNO2.C2H6/c1-12(2,3)17-11(16)15-7-8-4-5-9(13)6-10(8)14;1-2/h4-6H,7H2,1-3H3,(H,15,16);1-2H3. The lowest BCUT2D eigenvalue weighted by atomic mass is 10.2. The number of carbonyl (C=O) groups excluding carboxylic acids is 1. The summed E-state index contributed by atoms with van der Waals surface area (Å²) in [5.41, 5.74) is -0.137. The van der Waals surface area contributed by atoms with Crippen molar-refractivity contribution in [2.45, 2.75) is 46.8 Å². The minimum atomic E-state index is -0.556. The molecule has 0 aromatic heterocycles. The van der Waals surface area contributed by atoms with Gasteiger partial charge in [-0.25, -0.2) is 9.18 Å². The zero-order valence-corrected chi connectivity index (χ0v) is 13.6. The number of ether oxygens (including phenoxy) is 1. The summed E-state index contributed by atoms with van der Waals surface area (Å²) in [4.78, 5) is 11.3. The zero-order valence-electron chi connectivity index (χ0n) is 12.0. The summed E-state index contributed by atoms with van der Waals surface area (Å²) >= 11 is 3.16. The van der Waals surface area contributed by atoms with E-state index in [4.69, 9.17) is 4.74 Å². The molecule has 0 aliphatic rings. The molecule has 1 amide bonds. The molecule has 0 saturated carbocycles. The van der Waals surface area contributed by atoms with Gasteiger partial charge in [0.1, 0.15) is 11.4 Å². The average Bonchev–Trinajstić information content (AvgIpc) is 2.28. The first-order chi connectivity index (χ1) is 8.78. The van der Waals surface area contributed by atoms with Gasteiger partial charge in [0.2, 0.25) is 0 Å². The van der Waals surface area contributed by atoms with Gasteiger partial charge in [0.15, 0.2) is 0 Å². The monoisotopic (exact) mass is 333 g/mol. The Morgan fingerprint density at radius 3 is 2.42 bits per heavy atom. The van der Waals surface area contributed by atoms with Crippen LogP contribution in [0.25, 0.3) is 0 Å². The molecule has 1 rings (SSSR count). The van der Waals surface area contributed by atoms with E-state index >= 15 is 0 Å². The zero-order chi connectivity index (χ0) is 15.1. The predicted octanol–water partition coefficient (Wildman–Crippen LogP) is 4.64. The predicted molar refractivity (Wildman–Crippen MR) is 78.5 cm³/mol. The lowest BCUT2D eigenvalue weighted by Crippen LogP contribution is -2.32. The van der Waals surface area contributed by atoms with Crippen LogP contribution in [-0.4, -0.2) is 11.7 Å². The molecule has 19 heavy (non-hydrogen) atoms. The minimum absolute atomic E-state index is 0.105. The first kappa shape index (κ1) is 17.9. The summed E-state index contributed by atoms with van der Waals surface area (Å²) in [7, 11) is 0. The fourth-order valence-electron chi connectivity index (χ4n) is 1.15. The highest BCUT2D eigenvalue weighted by atomic mass is 79.9. The van der Waals surface area contributed by atoms with Crippen LogP contribution in [0.2, 0.25) is 0 Å². The molecule has 0 radical (unpaired) electrons. The smallest absolute Gasteiger partial charge is 0.407 e. The first-order valence-electron chi connectivity index (χ1n) is 6.19. The van der Waals surface area contributed by atoms with Gasteiger partial charge in [0.05, 0.1) is 0 Å². The lowest BCUT2D eigenvalue weighted by Gasteiger charge is -2.19. The number of halogens is 2. The van der Waals surface area contributed by atoms with Crippen LogP contribution in [0, 0.1) is 5.82 Å². The number of rotatable bonds is 2. The molecule has 0 unspecified atom stereocenters. The van der Waals surface area contributed by atoms with Gasteiger partial charge >= 0.3 is 6.09 Å². The van der Waals surface area contributed by atoms with E-state index in [1.54, 1.807) is 32.9 Å². The Labute approximate surface area is 122 Å². The normalized spacial score (nSPS) is 10.3. The Morgan fingerprint density at radius 2 is 1.95 bits per heavy atom. The van der Waals surface area contributed by atoms with Gasteiger partial charge in [-0.15, -0.1) is 0 Å². The SMILES string of the molecule is CC.CC(C)(C)OC(=O)NCc1ccc(Br)cc1F. The van der Waals surface area contributed by atoms with Gasteiger partial charge in [0, 0.05) is 16.6 Å². The van der Waals surface area contributed by atoms with Crippen LogP contribution in [0.1, 0.15) is 40.2 Å². The molecule has 0 aliphatic heterocycles. The van der Waals surface area contributed by atoms with E-state index in [0.717, 1.165) is 0 Å². The van der Waals surface area contributed by atoms with Crippen molar-refractivity contribution in [3.8, 4) is 0 Å². The van der Waals surface area contributed by atoms with Gasteiger partial charge in [-0.3, -0.25) is 0 Å². The molecule has 108 valence electrons. The van der Waals surface area contributed by atoms with E-state index in [9.17, 15) is 9.18 Å².